The predicted octanol–water partition coefficient (Wildman–Crippen LogP) is 3.45. The molecule has 0 unspecified atom stereocenters. The molecule has 0 amide bonds. The first-order valence-electron chi connectivity index (χ1n) is 6.25. The lowest BCUT2D eigenvalue weighted by Gasteiger charge is -2.25. The predicted molar refractivity (Wildman–Crippen MR) is 76.7 cm³/mol. The summed E-state index contributed by atoms with van der Waals surface area (Å²) >= 11 is 1.52. The SMILES string of the molecule is C[C@H](NC[C@](C)(O)c1cccs1)c1ccccc1F. The molecule has 0 aliphatic heterocycles. The van der Waals surface area contributed by atoms with Crippen LogP contribution < -0.4 is 5.32 Å². The van der Waals surface area contributed by atoms with E-state index in [9.17, 15) is 9.50 Å². The number of aliphatic hydroxyl groups is 1. The molecule has 2 nitrogen and oxygen atoms in total. The summed E-state index contributed by atoms with van der Waals surface area (Å²) in [7, 11) is 0. The number of halogens is 1. The van der Waals surface area contributed by atoms with Gasteiger partial charge in [0.25, 0.3) is 0 Å². The molecule has 1 heterocycles. The van der Waals surface area contributed by atoms with Gasteiger partial charge in [0.15, 0.2) is 0 Å². The van der Waals surface area contributed by atoms with Crippen molar-refractivity contribution < 1.29 is 9.50 Å². The number of hydrogen-bond acceptors (Lipinski definition) is 3. The van der Waals surface area contributed by atoms with E-state index >= 15 is 0 Å². The van der Waals surface area contributed by atoms with Crippen LogP contribution in [0.1, 0.15) is 30.3 Å². The number of hydrogen-bond donors (Lipinski definition) is 2. The van der Waals surface area contributed by atoms with Crippen LogP contribution in [-0.2, 0) is 5.60 Å². The van der Waals surface area contributed by atoms with E-state index in [-0.39, 0.29) is 11.9 Å². The fourth-order valence-corrected chi connectivity index (χ4v) is 2.75. The summed E-state index contributed by atoms with van der Waals surface area (Å²) in [5, 5.41) is 15.5. The van der Waals surface area contributed by atoms with Crippen LogP contribution in [0.25, 0.3) is 0 Å². The Balaban J connectivity index is 2.01. The summed E-state index contributed by atoms with van der Waals surface area (Å²) in [4.78, 5) is 0.903. The number of nitrogens with one attached hydrogen (secondary N) is 1. The molecule has 19 heavy (non-hydrogen) atoms. The highest BCUT2D eigenvalue weighted by atomic mass is 32.1. The molecule has 1 aromatic carbocycles. The molecule has 0 aliphatic rings. The molecule has 0 saturated carbocycles. The zero-order valence-electron chi connectivity index (χ0n) is 11.1. The molecular formula is C15H18FNOS. The third kappa shape index (κ3) is 3.41. The van der Waals surface area contributed by atoms with Gasteiger partial charge in [-0.25, -0.2) is 4.39 Å². The smallest absolute Gasteiger partial charge is 0.127 e. The summed E-state index contributed by atoms with van der Waals surface area (Å²) in [5.41, 5.74) is -0.322. The number of thiophene rings is 1. The molecule has 0 aliphatic carbocycles. The van der Waals surface area contributed by atoms with Crippen molar-refractivity contribution in [2.75, 3.05) is 6.54 Å². The van der Waals surface area contributed by atoms with E-state index in [0.717, 1.165) is 4.88 Å². The van der Waals surface area contributed by atoms with Gasteiger partial charge >= 0.3 is 0 Å². The van der Waals surface area contributed by atoms with Gasteiger partial charge in [-0.3, -0.25) is 0 Å². The Kier molecular flexibility index (Phi) is 4.34. The third-order valence-corrected chi connectivity index (χ3v) is 4.30. The standard InChI is InChI=1S/C15H18FNOS/c1-11(12-6-3-4-7-13(12)16)17-10-15(2,18)14-8-5-9-19-14/h3-9,11,17-18H,10H2,1-2H3/t11-,15-/m0/s1. The minimum Gasteiger partial charge on any atom is -0.383 e. The molecule has 2 rings (SSSR count). The van der Waals surface area contributed by atoms with Crippen molar-refractivity contribution in [3.05, 3.63) is 58.0 Å². The van der Waals surface area contributed by atoms with E-state index in [1.165, 1.54) is 17.4 Å². The maximum Gasteiger partial charge on any atom is 0.127 e. The number of rotatable bonds is 5. The van der Waals surface area contributed by atoms with Crippen LogP contribution in [-0.4, -0.2) is 11.7 Å². The highest BCUT2D eigenvalue weighted by Crippen LogP contribution is 2.25. The molecule has 2 aromatic rings. The van der Waals surface area contributed by atoms with E-state index in [1.54, 1.807) is 19.1 Å². The maximum absolute atomic E-state index is 13.6. The van der Waals surface area contributed by atoms with Crippen molar-refractivity contribution >= 4 is 11.3 Å². The van der Waals surface area contributed by atoms with Crippen molar-refractivity contribution in [3.8, 4) is 0 Å². The second-order valence-corrected chi connectivity index (χ2v) is 5.82. The highest BCUT2D eigenvalue weighted by Gasteiger charge is 2.25. The number of benzene rings is 1. The van der Waals surface area contributed by atoms with Gasteiger partial charge in [0.05, 0.1) is 0 Å². The van der Waals surface area contributed by atoms with Gasteiger partial charge in [0, 0.05) is 23.0 Å². The van der Waals surface area contributed by atoms with Crippen LogP contribution in [0, 0.1) is 5.82 Å². The molecular weight excluding hydrogens is 261 g/mol. The van der Waals surface area contributed by atoms with Gasteiger partial charge in [-0.2, -0.15) is 0 Å². The van der Waals surface area contributed by atoms with Crippen molar-refractivity contribution in [2.24, 2.45) is 0 Å². The van der Waals surface area contributed by atoms with E-state index in [2.05, 4.69) is 5.32 Å². The van der Waals surface area contributed by atoms with Crippen molar-refractivity contribution in [2.45, 2.75) is 25.5 Å². The summed E-state index contributed by atoms with van der Waals surface area (Å²) in [5.74, 6) is -0.224. The highest BCUT2D eigenvalue weighted by molar-refractivity contribution is 7.10. The van der Waals surface area contributed by atoms with E-state index < -0.39 is 5.60 Å². The lowest BCUT2D eigenvalue weighted by molar-refractivity contribution is 0.0580. The summed E-state index contributed by atoms with van der Waals surface area (Å²) in [6.07, 6.45) is 0. The fraction of sp³-hybridized carbons (Fsp3) is 0.333. The molecule has 4 heteroatoms. The van der Waals surface area contributed by atoms with Crippen LogP contribution in [0.4, 0.5) is 4.39 Å². The molecule has 1 aromatic heterocycles. The average molecular weight is 279 g/mol. The summed E-state index contributed by atoms with van der Waals surface area (Å²) < 4.78 is 13.6. The van der Waals surface area contributed by atoms with Gasteiger partial charge in [-0.1, -0.05) is 24.3 Å². The van der Waals surface area contributed by atoms with Crippen molar-refractivity contribution in [1.82, 2.24) is 5.32 Å². The lowest BCUT2D eigenvalue weighted by Crippen LogP contribution is -2.36. The minimum absolute atomic E-state index is 0.146. The zero-order valence-corrected chi connectivity index (χ0v) is 11.9. The Bertz CT molecular complexity index is 525. The molecule has 0 radical (unpaired) electrons. The second-order valence-electron chi connectivity index (χ2n) is 4.88. The molecule has 2 N–H and O–H groups in total. The van der Waals surface area contributed by atoms with Crippen molar-refractivity contribution in [1.29, 1.82) is 0 Å². The Morgan fingerprint density at radius 2 is 2.05 bits per heavy atom. The normalized spacial score (nSPS) is 16.0. The van der Waals surface area contributed by atoms with Crippen LogP contribution in [0.5, 0.6) is 0 Å². The summed E-state index contributed by atoms with van der Waals surface area (Å²) in [6, 6.07) is 10.4. The monoisotopic (exact) mass is 279 g/mol. The molecule has 0 spiro atoms. The van der Waals surface area contributed by atoms with Crippen LogP contribution in [0.15, 0.2) is 41.8 Å². The average Bonchev–Trinajstić information content (AvgIpc) is 2.91. The first-order chi connectivity index (χ1) is 9.00. The van der Waals surface area contributed by atoms with Gasteiger partial charge in [-0.15, -0.1) is 11.3 Å². The molecule has 2 atom stereocenters. The molecule has 0 bridgehead atoms. The molecule has 0 saturated heterocycles. The molecule has 102 valence electrons. The largest absolute Gasteiger partial charge is 0.383 e. The minimum atomic E-state index is -0.937. The lowest BCUT2D eigenvalue weighted by atomic mass is 10.0. The maximum atomic E-state index is 13.6. The third-order valence-electron chi connectivity index (χ3n) is 3.18. The topological polar surface area (TPSA) is 32.3 Å². The van der Waals surface area contributed by atoms with E-state index in [0.29, 0.717) is 12.1 Å². The van der Waals surface area contributed by atoms with Crippen LogP contribution in [0.2, 0.25) is 0 Å². The zero-order chi connectivity index (χ0) is 13.9. The summed E-state index contributed by atoms with van der Waals surface area (Å²) in [6.45, 7) is 4.03. The Morgan fingerprint density at radius 3 is 2.68 bits per heavy atom. The quantitative estimate of drug-likeness (QED) is 0.878. The Hall–Kier alpha value is -1.23. The van der Waals surface area contributed by atoms with Crippen LogP contribution >= 0.6 is 11.3 Å². The van der Waals surface area contributed by atoms with Gasteiger partial charge < -0.3 is 10.4 Å². The fourth-order valence-electron chi connectivity index (χ4n) is 1.96. The van der Waals surface area contributed by atoms with E-state index in [1.807, 2.05) is 30.5 Å². The first kappa shape index (κ1) is 14.2. The molecule has 0 fully saturated rings. The van der Waals surface area contributed by atoms with Crippen molar-refractivity contribution in [3.63, 3.8) is 0 Å². The van der Waals surface area contributed by atoms with Gasteiger partial charge in [0.2, 0.25) is 0 Å². The first-order valence-corrected chi connectivity index (χ1v) is 7.13. The Morgan fingerprint density at radius 1 is 1.32 bits per heavy atom. The Labute approximate surface area is 116 Å². The second kappa shape index (κ2) is 5.82. The van der Waals surface area contributed by atoms with Crippen LogP contribution in [0.3, 0.4) is 0 Å². The van der Waals surface area contributed by atoms with E-state index in [4.69, 9.17) is 0 Å². The van der Waals surface area contributed by atoms with Gasteiger partial charge in [0.1, 0.15) is 11.4 Å². The van der Waals surface area contributed by atoms with Gasteiger partial charge in [-0.05, 0) is 31.4 Å².